The van der Waals surface area contributed by atoms with Gasteiger partial charge < -0.3 is 19.0 Å². The molecule has 1 amide bonds. The Bertz CT molecular complexity index is 1130. The Morgan fingerprint density at radius 2 is 2.11 bits per heavy atom. The van der Waals surface area contributed by atoms with E-state index >= 15 is 0 Å². The van der Waals surface area contributed by atoms with E-state index in [4.69, 9.17) is 9.15 Å². The molecule has 0 atom stereocenters. The number of para-hydroxylation sites is 1. The van der Waals surface area contributed by atoms with E-state index in [2.05, 4.69) is 15.0 Å². The maximum atomic E-state index is 13.0. The minimum atomic E-state index is -0.0610. The molecule has 1 aliphatic rings. The fourth-order valence-corrected chi connectivity index (χ4v) is 3.43. The number of ether oxygens (including phenoxy) is 1. The van der Waals surface area contributed by atoms with Crippen LogP contribution in [-0.4, -0.2) is 32.3 Å². The lowest BCUT2D eigenvalue weighted by molar-refractivity contribution is 0.0720. The molecule has 1 aromatic carbocycles. The third-order valence-corrected chi connectivity index (χ3v) is 4.83. The van der Waals surface area contributed by atoms with Crippen LogP contribution in [-0.2, 0) is 19.6 Å². The molecule has 4 heterocycles. The van der Waals surface area contributed by atoms with Crippen molar-refractivity contribution in [3.63, 3.8) is 0 Å². The van der Waals surface area contributed by atoms with Crippen LogP contribution in [0.25, 0.3) is 11.0 Å². The number of nitrogens with zero attached hydrogens (tertiary/aromatic N) is 3. The number of hydrogen-bond donors (Lipinski definition) is 1. The summed E-state index contributed by atoms with van der Waals surface area (Å²) in [4.78, 5) is 26.7. The number of hydrogen-bond acceptors (Lipinski definition) is 5. The molecular formula is C21H18N4O3. The fourth-order valence-electron chi connectivity index (χ4n) is 3.43. The zero-order valence-electron chi connectivity index (χ0n) is 15.1. The van der Waals surface area contributed by atoms with Crippen molar-refractivity contribution in [1.82, 2.24) is 19.9 Å². The minimum Gasteiger partial charge on any atom is -0.484 e. The molecule has 5 rings (SSSR count). The SMILES string of the molecule is O=C(c1c[nH]c2cccnc12)N1CCc2nc(COc3ccccc3)oc2C1. The highest BCUT2D eigenvalue weighted by molar-refractivity contribution is 6.05. The molecule has 7 heteroatoms. The molecular weight excluding hydrogens is 356 g/mol. The fraction of sp³-hybridized carbons (Fsp3) is 0.190. The van der Waals surface area contributed by atoms with Crippen LogP contribution < -0.4 is 4.74 Å². The van der Waals surface area contributed by atoms with E-state index in [0.29, 0.717) is 36.5 Å². The summed E-state index contributed by atoms with van der Waals surface area (Å²) in [6, 6.07) is 13.3. The van der Waals surface area contributed by atoms with E-state index in [1.165, 1.54) is 0 Å². The van der Waals surface area contributed by atoms with Gasteiger partial charge in [-0.1, -0.05) is 18.2 Å². The Morgan fingerprint density at radius 3 is 3.00 bits per heavy atom. The average molecular weight is 374 g/mol. The summed E-state index contributed by atoms with van der Waals surface area (Å²) < 4.78 is 11.6. The van der Waals surface area contributed by atoms with Gasteiger partial charge in [0.15, 0.2) is 6.61 Å². The summed E-state index contributed by atoms with van der Waals surface area (Å²) in [7, 11) is 0. The van der Waals surface area contributed by atoms with Crippen molar-refractivity contribution < 1.29 is 13.9 Å². The van der Waals surface area contributed by atoms with Crippen LogP contribution in [0.1, 0.15) is 27.7 Å². The number of rotatable bonds is 4. The van der Waals surface area contributed by atoms with Gasteiger partial charge in [0.05, 0.1) is 23.3 Å². The van der Waals surface area contributed by atoms with Crippen LogP contribution in [0, 0.1) is 0 Å². The summed E-state index contributed by atoms with van der Waals surface area (Å²) in [5.74, 6) is 1.95. The summed E-state index contributed by atoms with van der Waals surface area (Å²) in [5.41, 5.74) is 3.01. The highest BCUT2D eigenvalue weighted by Crippen LogP contribution is 2.24. The van der Waals surface area contributed by atoms with Crippen molar-refractivity contribution in [3.8, 4) is 5.75 Å². The lowest BCUT2D eigenvalue weighted by atomic mass is 10.1. The zero-order chi connectivity index (χ0) is 18.9. The first-order chi connectivity index (χ1) is 13.8. The number of aromatic amines is 1. The van der Waals surface area contributed by atoms with Gasteiger partial charge in [0, 0.05) is 25.4 Å². The molecule has 28 heavy (non-hydrogen) atoms. The smallest absolute Gasteiger partial charge is 0.258 e. The van der Waals surface area contributed by atoms with Crippen molar-refractivity contribution >= 4 is 16.9 Å². The number of nitrogens with one attached hydrogen (secondary N) is 1. The molecule has 4 aromatic rings. The van der Waals surface area contributed by atoms with Gasteiger partial charge in [0.2, 0.25) is 5.89 Å². The normalized spacial score (nSPS) is 13.5. The van der Waals surface area contributed by atoms with Crippen LogP contribution >= 0.6 is 0 Å². The predicted octanol–water partition coefficient (Wildman–Crippen LogP) is 3.33. The molecule has 0 spiro atoms. The van der Waals surface area contributed by atoms with E-state index < -0.39 is 0 Å². The standard InChI is InChI=1S/C21H18N4O3/c26-21(15-11-23-17-7-4-9-22-20(15)17)25-10-8-16-18(12-25)28-19(24-16)13-27-14-5-2-1-3-6-14/h1-7,9,11,23H,8,10,12-13H2. The van der Waals surface area contributed by atoms with E-state index in [1.807, 2.05) is 42.5 Å². The predicted molar refractivity (Wildman–Crippen MR) is 102 cm³/mol. The minimum absolute atomic E-state index is 0.0610. The molecule has 0 saturated heterocycles. The lowest BCUT2D eigenvalue weighted by Crippen LogP contribution is -2.35. The Hall–Kier alpha value is -3.61. The van der Waals surface area contributed by atoms with Crippen LogP contribution in [0.15, 0.2) is 59.3 Å². The maximum Gasteiger partial charge on any atom is 0.258 e. The second kappa shape index (κ2) is 6.84. The van der Waals surface area contributed by atoms with E-state index in [9.17, 15) is 4.79 Å². The van der Waals surface area contributed by atoms with Crippen molar-refractivity contribution in [3.05, 3.63) is 77.8 Å². The van der Waals surface area contributed by atoms with E-state index in [-0.39, 0.29) is 12.5 Å². The molecule has 0 fully saturated rings. The Balaban J connectivity index is 1.31. The summed E-state index contributed by atoms with van der Waals surface area (Å²) >= 11 is 0. The van der Waals surface area contributed by atoms with Gasteiger partial charge in [-0.2, -0.15) is 0 Å². The number of oxazole rings is 1. The lowest BCUT2D eigenvalue weighted by Gasteiger charge is -2.24. The van der Waals surface area contributed by atoms with Gasteiger partial charge in [-0.3, -0.25) is 9.78 Å². The number of carbonyl (C=O) groups excluding carboxylic acids is 1. The van der Waals surface area contributed by atoms with Crippen molar-refractivity contribution in [2.45, 2.75) is 19.6 Å². The number of benzene rings is 1. The van der Waals surface area contributed by atoms with Crippen molar-refractivity contribution in [2.75, 3.05) is 6.54 Å². The topological polar surface area (TPSA) is 84.2 Å². The zero-order valence-corrected chi connectivity index (χ0v) is 15.1. The molecule has 1 N–H and O–H groups in total. The first-order valence-electron chi connectivity index (χ1n) is 9.14. The number of aromatic nitrogens is 3. The molecule has 0 unspecified atom stereocenters. The first kappa shape index (κ1) is 16.6. The van der Waals surface area contributed by atoms with Gasteiger partial charge in [-0.05, 0) is 24.3 Å². The molecule has 140 valence electrons. The number of pyridine rings is 1. The van der Waals surface area contributed by atoms with Crippen LogP contribution in [0.4, 0.5) is 0 Å². The quantitative estimate of drug-likeness (QED) is 0.592. The second-order valence-electron chi connectivity index (χ2n) is 6.66. The summed E-state index contributed by atoms with van der Waals surface area (Å²) in [6.07, 6.45) is 4.07. The Labute approximate surface area is 161 Å². The third kappa shape index (κ3) is 3.00. The van der Waals surface area contributed by atoms with E-state index in [0.717, 1.165) is 22.7 Å². The average Bonchev–Trinajstić information content (AvgIpc) is 3.35. The van der Waals surface area contributed by atoms with Crippen LogP contribution in [0.3, 0.4) is 0 Å². The van der Waals surface area contributed by atoms with Gasteiger partial charge in [-0.15, -0.1) is 0 Å². The highest BCUT2D eigenvalue weighted by Gasteiger charge is 2.27. The summed E-state index contributed by atoms with van der Waals surface area (Å²) in [5, 5.41) is 0. The number of amides is 1. The van der Waals surface area contributed by atoms with Crippen molar-refractivity contribution in [1.29, 1.82) is 0 Å². The molecule has 0 bridgehead atoms. The maximum absolute atomic E-state index is 13.0. The Morgan fingerprint density at radius 1 is 1.21 bits per heavy atom. The molecule has 0 aliphatic carbocycles. The molecule has 3 aromatic heterocycles. The largest absolute Gasteiger partial charge is 0.484 e. The van der Waals surface area contributed by atoms with Crippen LogP contribution in [0.2, 0.25) is 0 Å². The van der Waals surface area contributed by atoms with Gasteiger partial charge in [0.25, 0.3) is 5.91 Å². The molecule has 0 radical (unpaired) electrons. The van der Waals surface area contributed by atoms with Gasteiger partial charge in [0.1, 0.15) is 17.0 Å². The first-order valence-corrected chi connectivity index (χ1v) is 9.14. The number of H-pyrrole nitrogens is 1. The van der Waals surface area contributed by atoms with Gasteiger partial charge >= 0.3 is 0 Å². The molecule has 1 aliphatic heterocycles. The summed E-state index contributed by atoms with van der Waals surface area (Å²) in [6.45, 7) is 1.25. The van der Waals surface area contributed by atoms with Crippen LogP contribution in [0.5, 0.6) is 5.75 Å². The van der Waals surface area contributed by atoms with Crippen molar-refractivity contribution in [2.24, 2.45) is 0 Å². The monoisotopic (exact) mass is 374 g/mol. The molecule has 0 saturated carbocycles. The number of carbonyl (C=O) groups is 1. The molecule has 7 nitrogen and oxygen atoms in total. The Kier molecular flexibility index (Phi) is 4.05. The highest BCUT2D eigenvalue weighted by atomic mass is 16.5. The number of fused-ring (bicyclic) bond motifs is 2. The second-order valence-corrected chi connectivity index (χ2v) is 6.66. The van der Waals surface area contributed by atoms with Gasteiger partial charge in [-0.25, -0.2) is 4.98 Å². The van der Waals surface area contributed by atoms with E-state index in [1.54, 1.807) is 17.3 Å². The third-order valence-electron chi connectivity index (χ3n) is 4.83.